The summed E-state index contributed by atoms with van der Waals surface area (Å²) >= 11 is 6.18. The molecule has 36 heavy (non-hydrogen) atoms. The number of nitrogens with zero attached hydrogens (tertiary/aromatic N) is 2. The van der Waals surface area contributed by atoms with Crippen molar-refractivity contribution in [2.75, 3.05) is 25.1 Å². The summed E-state index contributed by atoms with van der Waals surface area (Å²) in [6.07, 6.45) is 7.05. The molecule has 1 saturated heterocycles. The first-order valence-corrected chi connectivity index (χ1v) is 13.5. The van der Waals surface area contributed by atoms with Crippen molar-refractivity contribution < 1.29 is 9.53 Å². The molecular formula is C31H35ClN2O2. The van der Waals surface area contributed by atoms with Gasteiger partial charge < -0.3 is 9.64 Å². The number of carbonyl (C=O) groups is 1. The van der Waals surface area contributed by atoms with Gasteiger partial charge in [-0.25, -0.2) is 0 Å². The summed E-state index contributed by atoms with van der Waals surface area (Å²) < 4.78 is 5.38. The second-order valence-corrected chi connectivity index (χ2v) is 10.5. The maximum Gasteiger partial charge on any atom is 0.258 e. The van der Waals surface area contributed by atoms with Crippen LogP contribution in [0.3, 0.4) is 0 Å². The number of benzene rings is 3. The Morgan fingerprint density at radius 3 is 2.33 bits per heavy atom. The molecule has 5 heteroatoms. The number of anilines is 1. The first-order valence-electron chi connectivity index (χ1n) is 13.2. The molecule has 1 heterocycles. The number of carbonyl (C=O) groups excluding carboxylic acids is 1. The van der Waals surface area contributed by atoms with E-state index in [1.165, 1.54) is 31.2 Å². The van der Waals surface area contributed by atoms with Crippen LogP contribution in [0.4, 0.5) is 5.69 Å². The fourth-order valence-electron chi connectivity index (χ4n) is 6.10. The van der Waals surface area contributed by atoms with E-state index in [1.54, 1.807) is 7.11 Å². The number of halogens is 1. The highest BCUT2D eigenvalue weighted by molar-refractivity contribution is 6.30. The molecule has 0 aromatic heterocycles. The summed E-state index contributed by atoms with van der Waals surface area (Å²) in [6.45, 7) is 2.02. The van der Waals surface area contributed by atoms with Gasteiger partial charge in [-0.1, -0.05) is 60.8 Å². The summed E-state index contributed by atoms with van der Waals surface area (Å²) in [6, 6.07) is 26.8. The van der Waals surface area contributed by atoms with Crippen molar-refractivity contribution in [2.24, 2.45) is 0 Å². The zero-order chi connectivity index (χ0) is 24.9. The molecule has 1 amide bonds. The van der Waals surface area contributed by atoms with Gasteiger partial charge in [-0.05, 0) is 79.6 Å². The van der Waals surface area contributed by atoms with E-state index < -0.39 is 0 Å². The topological polar surface area (TPSA) is 32.8 Å². The number of rotatable bonds is 6. The van der Waals surface area contributed by atoms with Gasteiger partial charge in [-0.3, -0.25) is 9.69 Å². The second kappa shape index (κ2) is 11.5. The van der Waals surface area contributed by atoms with Crippen molar-refractivity contribution in [1.82, 2.24) is 4.90 Å². The van der Waals surface area contributed by atoms with Gasteiger partial charge >= 0.3 is 0 Å². The van der Waals surface area contributed by atoms with Crippen LogP contribution >= 0.6 is 11.6 Å². The van der Waals surface area contributed by atoms with Crippen LogP contribution in [-0.2, 0) is 0 Å². The van der Waals surface area contributed by atoms with Crippen LogP contribution in [-0.4, -0.2) is 43.1 Å². The Balaban J connectivity index is 1.35. The molecule has 0 bridgehead atoms. The van der Waals surface area contributed by atoms with Crippen molar-refractivity contribution in [3.05, 3.63) is 95.0 Å². The normalized spacial score (nSPS) is 21.2. The standard InChI is InChI=1S/C31H35ClN2O2/c1-36-28-11-7-10-24(22-28)31(35)34(26-16-14-25(32)15-17-26)27-18-20-33(21-19-27)30-13-6-5-12-29(30)23-8-3-2-4-9-23/h2-4,7-11,14-17,22,27,29-30H,5-6,12-13,18-21H2,1H3. The third kappa shape index (κ3) is 5.45. The van der Waals surface area contributed by atoms with Crippen LogP contribution in [0, 0.1) is 0 Å². The maximum absolute atomic E-state index is 13.8. The fraction of sp³-hybridized carbons (Fsp3) is 0.387. The summed E-state index contributed by atoms with van der Waals surface area (Å²) in [7, 11) is 1.63. The van der Waals surface area contributed by atoms with Gasteiger partial charge in [-0.2, -0.15) is 0 Å². The van der Waals surface area contributed by atoms with Gasteiger partial charge in [0.2, 0.25) is 0 Å². The van der Waals surface area contributed by atoms with E-state index in [-0.39, 0.29) is 11.9 Å². The Bertz CT molecular complexity index is 1140. The smallest absolute Gasteiger partial charge is 0.258 e. The monoisotopic (exact) mass is 502 g/mol. The van der Waals surface area contributed by atoms with Gasteiger partial charge in [0.15, 0.2) is 0 Å². The molecule has 1 aliphatic heterocycles. The SMILES string of the molecule is COc1cccc(C(=O)N(c2ccc(Cl)cc2)C2CCN(C3CCCCC3c3ccccc3)CC2)c1. The zero-order valence-electron chi connectivity index (χ0n) is 21.0. The lowest BCUT2D eigenvalue weighted by atomic mass is 9.78. The van der Waals surface area contributed by atoms with E-state index >= 15 is 0 Å². The van der Waals surface area contributed by atoms with Crippen molar-refractivity contribution >= 4 is 23.2 Å². The molecule has 188 valence electrons. The predicted molar refractivity (Wildman–Crippen MR) is 147 cm³/mol. The highest BCUT2D eigenvalue weighted by Crippen LogP contribution is 2.38. The lowest BCUT2D eigenvalue weighted by Gasteiger charge is -2.45. The molecule has 2 atom stereocenters. The van der Waals surface area contributed by atoms with E-state index in [0.29, 0.717) is 28.3 Å². The molecular weight excluding hydrogens is 468 g/mol. The van der Waals surface area contributed by atoms with E-state index in [2.05, 4.69) is 35.2 Å². The molecule has 5 rings (SSSR count). The number of likely N-dealkylation sites (tertiary alicyclic amines) is 1. The van der Waals surface area contributed by atoms with Crippen LogP contribution in [0.15, 0.2) is 78.9 Å². The molecule has 2 aliphatic rings. The fourth-order valence-corrected chi connectivity index (χ4v) is 6.23. The molecule has 3 aromatic rings. The van der Waals surface area contributed by atoms with E-state index in [4.69, 9.17) is 16.3 Å². The Morgan fingerprint density at radius 1 is 0.889 bits per heavy atom. The van der Waals surface area contributed by atoms with Crippen LogP contribution in [0.25, 0.3) is 0 Å². The van der Waals surface area contributed by atoms with Gasteiger partial charge in [0.1, 0.15) is 5.75 Å². The minimum atomic E-state index is 0.00880. The number of piperidine rings is 1. The number of hydrogen-bond acceptors (Lipinski definition) is 3. The van der Waals surface area contributed by atoms with Crippen molar-refractivity contribution in [3.63, 3.8) is 0 Å². The number of ether oxygens (including phenoxy) is 1. The first-order chi connectivity index (χ1) is 17.6. The minimum Gasteiger partial charge on any atom is -0.497 e. The molecule has 4 nitrogen and oxygen atoms in total. The zero-order valence-corrected chi connectivity index (χ0v) is 21.7. The summed E-state index contributed by atoms with van der Waals surface area (Å²) in [5, 5.41) is 0.673. The van der Waals surface area contributed by atoms with Gasteiger partial charge in [0, 0.05) is 41.4 Å². The Labute approximate surface area is 219 Å². The molecule has 0 spiro atoms. The quantitative estimate of drug-likeness (QED) is 0.357. The lowest BCUT2D eigenvalue weighted by molar-refractivity contribution is 0.0895. The average Bonchev–Trinajstić information content (AvgIpc) is 2.95. The average molecular weight is 503 g/mol. The molecule has 0 radical (unpaired) electrons. The predicted octanol–water partition coefficient (Wildman–Crippen LogP) is 7.19. The lowest BCUT2D eigenvalue weighted by Crippen LogP contribution is -2.51. The van der Waals surface area contributed by atoms with Crippen LogP contribution in [0.5, 0.6) is 5.75 Å². The van der Waals surface area contributed by atoms with Crippen molar-refractivity contribution in [1.29, 1.82) is 0 Å². The van der Waals surface area contributed by atoms with Gasteiger partial charge in [-0.15, -0.1) is 0 Å². The van der Waals surface area contributed by atoms with Crippen LogP contribution in [0.1, 0.15) is 60.4 Å². The Hall–Kier alpha value is -2.82. The summed E-state index contributed by atoms with van der Waals surface area (Å²) in [5.41, 5.74) is 3.01. The molecule has 1 saturated carbocycles. The molecule has 2 fully saturated rings. The number of amides is 1. The molecule has 2 unspecified atom stereocenters. The van der Waals surface area contributed by atoms with Gasteiger partial charge in [0.25, 0.3) is 5.91 Å². The Morgan fingerprint density at radius 2 is 1.61 bits per heavy atom. The Kier molecular flexibility index (Phi) is 7.93. The highest BCUT2D eigenvalue weighted by Gasteiger charge is 2.36. The minimum absolute atomic E-state index is 0.00880. The summed E-state index contributed by atoms with van der Waals surface area (Å²) in [4.78, 5) is 18.5. The molecule has 3 aromatic carbocycles. The third-order valence-electron chi connectivity index (χ3n) is 7.93. The van der Waals surface area contributed by atoms with Crippen LogP contribution in [0.2, 0.25) is 5.02 Å². The summed E-state index contributed by atoms with van der Waals surface area (Å²) in [5.74, 6) is 1.30. The molecule has 0 N–H and O–H groups in total. The van der Waals surface area contributed by atoms with Crippen molar-refractivity contribution in [3.8, 4) is 5.75 Å². The van der Waals surface area contributed by atoms with Crippen LogP contribution < -0.4 is 9.64 Å². The van der Waals surface area contributed by atoms with Gasteiger partial charge in [0.05, 0.1) is 7.11 Å². The first kappa shape index (κ1) is 24.9. The number of hydrogen-bond donors (Lipinski definition) is 0. The second-order valence-electron chi connectivity index (χ2n) is 10.0. The highest BCUT2D eigenvalue weighted by atomic mass is 35.5. The van der Waals surface area contributed by atoms with E-state index in [1.807, 2.05) is 53.4 Å². The van der Waals surface area contributed by atoms with Crippen molar-refractivity contribution in [2.45, 2.75) is 56.5 Å². The third-order valence-corrected chi connectivity index (χ3v) is 8.18. The largest absolute Gasteiger partial charge is 0.497 e. The van der Waals surface area contributed by atoms with E-state index in [9.17, 15) is 4.79 Å². The maximum atomic E-state index is 13.8. The molecule has 1 aliphatic carbocycles. The van der Waals surface area contributed by atoms with E-state index in [0.717, 1.165) is 31.6 Å². The number of methoxy groups -OCH3 is 1.